The molecule has 0 aliphatic heterocycles. The largest absolute Gasteiger partial charge is 0.380 e. The summed E-state index contributed by atoms with van der Waals surface area (Å²) in [5.41, 5.74) is 0. The molecule has 0 spiro atoms. The first-order valence-corrected chi connectivity index (χ1v) is 4.46. The molecule has 0 aromatic rings. The molecule has 0 aliphatic carbocycles. The van der Waals surface area contributed by atoms with E-state index in [1.807, 2.05) is 27.7 Å². The first kappa shape index (κ1) is 11.4. The van der Waals surface area contributed by atoms with Crippen LogP contribution in [0.3, 0.4) is 0 Å². The van der Waals surface area contributed by atoms with Gasteiger partial charge in [0.15, 0.2) is 0 Å². The highest BCUT2D eigenvalue weighted by molar-refractivity contribution is 5.78. The molecule has 1 N–H and O–H groups in total. The third-order valence-electron chi connectivity index (χ3n) is 1.49. The van der Waals surface area contributed by atoms with Crippen molar-refractivity contribution in [3.05, 3.63) is 0 Å². The standard InChI is InChI=1S/C9H19NO2/c1-5-12-6-8(4)10-9(11)7(2)3/h7-8H,5-6H2,1-4H3,(H,10,11). The van der Waals surface area contributed by atoms with Gasteiger partial charge in [0, 0.05) is 18.6 Å². The molecule has 0 aromatic carbocycles. The molecule has 0 aliphatic rings. The Morgan fingerprint density at radius 2 is 2.00 bits per heavy atom. The first-order valence-electron chi connectivity index (χ1n) is 4.46. The summed E-state index contributed by atoms with van der Waals surface area (Å²) in [6, 6.07) is 0.111. The predicted molar refractivity (Wildman–Crippen MR) is 48.9 cm³/mol. The Morgan fingerprint density at radius 3 is 2.42 bits per heavy atom. The Hall–Kier alpha value is -0.570. The Kier molecular flexibility index (Phi) is 5.72. The molecule has 3 nitrogen and oxygen atoms in total. The lowest BCUT2D eigenvalue weighted by molar-refractivity contribution is -0.125. The highest BCUT2D eigenvalue weighted by Gasteiger charge is 2.09. The Labute approximate surface area is 74.5 Å². The maximum Gasteiger partial charge on any atom is 0.222 e. The van der Waals surface area contributed by atoms with Crippen LogP contribution in [0.5, 0.6) is 0 Å². The van der Waals surface area contributed by atoms with Crippen molar-refractivity contribution in [3.8, 4) is 0 Å². The smallest absolute Gasteiger partial charge is 0.222 e. The quantitative estimate of drug-likeness (QED) is 0.678. The van der Waals surface area contributed by atoms with Crippen LogP contribution in [-0.2, 0) is 9.53 Å². The van der Waals surface area contributed by atoms with Crippen molar-refractivity contribution in [3.63, 3.8) is 0 Å². The molecule has 1 unspecified atom stereocenters. The second-order valence-electron chi connectivity index (χ2n) is 3.22. The van der Waals surface area contributed by atoms with Gasteiger partial charge < -0.3 is 10.1 Å². The van der Waals surface area contributed by atoms with Gasteiger partial charge in [-0.1, -0.05) is 13.8 Å². The van der Waals surface area contributed by atoms with Gasteiger partial charge in [-0.15, -0.1) is 0 Å². The zero-order valence-electron chi connectivity index (χ0n) is 8.39. The second kappa shape index (κ2) is 6.00. The molecule has 0 bridgehead atoms. The monoisotopic (exact) mass is 173 g/mol. The van der Waals surface area contributed by atoms with Gasteiger partial charge in [0.25, 0.3) is 0 Å². The summed E-state index contributed by atoms with van der Waals surface area (Å²) < 4.78 is 5.16. The number of ether oxygens (including phenoxy) is 1. The van der Waals surface area contributed by atoms with Crippen molar-refractivity contribution < 1.29 is 9.53 Å². The number of rotatable bonds is 5. The van der Waals surface area contributed by atoms with Gasteiger partial charge in [0.2, 0.25) is 5.91 Å². The third-order valence-corrected chi connectivity index (χ3v) is 1.49. The summed E-state index contributed by atoms with van der Waals surface area (Å²) in [7, 11) is 0. The van der Waals surface area contributed by atoms with Gasteiger partial charge in [-0.05, 0) is 13.8 Å². The van der Waals surface area contributed by atoms with Crippen LogP contribution in [-0.4, -0.2) is 25.2 Å². The van der Waals surface area contributed by atoms with Gasteiger partial charge in [0.05, 0.1) is 6.61 Å². The number of amides is 1. The molecule has 0 fully saturated rings. The van der Waals surface area contributed by atoms with Crippen LogP contribution in [0, 0.1) is 5.92 Å². The highest BCUT2D eigenvalue weighted by atomic mass is 16.5. The average Bonchev–Trinajstić information content (AvgIpc) is 2.00. The van der Waals surface area contributed by atoms with E-state index in [2.05, 4.69) is 5.32 Å². The summed E-state index contributed by atoms with van der Waals surface area (Å²) in [5.74, 6) is 0.135. The van der Waals surface area contributed by atoms with Crippen LogP contribution in [0.1, 0.15) is 27.7 Å². The van der Waals surface area contributed by atoms with E-state index in [0.29, 0.717) is 13.2 Å². The fourth-order valence-electron chi connectivity index (χ4n) is 0.746. The van der Waals surface area contributed by atoms with Gasteiger partial charge in [-0.25, -0.2) is 0 Å². The molecule has 1 atom stereocenters. The number of hydrogen-bond acceptors (Lipinski definition) is 2. The highest BCUT2D eigenvalue weighted by Crippen LogP contribution is 1.93. The van der Waals surface area contributed by atoms with E-state index in [-0.39, 0.29) is 17.9 Å². The second-order valence-corrected chi connectivity index (χ2v) is 3.22. The minimum atomic E-state index is 0.0501. The molecule has 0 saturated heterocycles. The van der Waals surface area contributed by atoms with Crippen LogP contribution >= 0.6 is 0 Å². The van der Waals surface area contributed by atoms with Crippen molar-refractivity contribution >= 4 is 5.91 Å². The molecule has 0 saturated carbocycles. The minimum absolute atomic E-state index is 0.0501. The summed E-state index contributed by atoms with van der Waals surface area (Å²) in [4.78, 5) is 11.1. The predicted octanol–water partition coefficient (Wildman–Crippen LogP) is 1.18. The maximum atomic E-state index is 11.1. The molecule has 12 heavy (non-hydrogen) atoms. The first-order chi connectivity index (χ1) is 5.57. The van der Waals surface area contributed by atoms with Crippen molar-refractivity contribution in [2.75, 3.05) is 13.2 Å². The van der Waals surface area contributed by atoms with Gasteiger partial charge >= 0.3 is 0 Å². The molecule has 0 aromatic heterocycles. The molecule has 1 amide bonds. The van der Waals surface area contributed by atoms with Crippen molar-refractivity contribution in [1.29, 1.82) is 0 Å². The Bertz CT molecular complexity index is 134. The normalized spacial score (nSPS) is 13.1. The summed E-state index contributed by atoms with van der Waals surface area (Å²) >= 11 is 0. The Balaban J connectivity index is 3.54. The Morgan fingerprint density at radius 1 is 1.42 bits per heavy atom. The van der Waals surface area contributed by atoms with E-state index < -0.39 is 0 Å². The molecule has 0 radical (unpaired) electrons. The zero-order valence-corrected chi connectivity index (χ0v) is 8.39. The number of carbonyl (C=O) groups excluding carboxylic acids is 1. The SMILES string of the molecule is CCOCC(C)NC(=O)C(C)C. The van der Waals surface area contributed by atoms with E-state index in [1.165, 1.54) is 0 Å². The van der Waals surface area contributed by atoms with Crippen LogP contribution in [0.2, 0.25) is 0 Å². The number of hydrogen-bond donors (Lipinski definition) is 1. The van der Waals surface area contributed by atoms with Crippen LogP contribution in [0.4, 0.5) is 0 Å². The molecule has 0 rings (SSSR count). The van der Waals surface area contributed by atoms with Crippen LogP contribution < -0.4 is 5.32 Å². The zero-order chi connectivity index (χ0) is 9.56. The molecule has 3 heteroatoms. The summed E-state index contributed by atoms with van der Waals surface area (Å²) in [5, 5.41) is 2.85. The molecular formula is C9H19NO2. The van der Waals surface area contributed by atoms with Gasteiger partial charge in [0.1, 0.15) is 0 Å². The number of carbonyl (C=O) groups is 1. The van der Waals surface area contributed by atoms with E-state index in [4.69, 9.17) is 4.74 Å². The van der Waals surface area contributed by atoms with E-state index in [9.17, 15) is 4.79 Å². The fourth-order valence-corrected chi connectivity index (χ4v) is 0.746. The number of nitrogens with one attached hydrogen (secondary N) is 1. The molecular weight excluding hydrogens is 154 g/mol. The van der Waals surface area contributed by atoms with Gasteiger partial charge in [-0.3, -0.25) is 4.79 Å². The van der Waals surface area contributed by atoms with Crippen molar-refractivity contribution in [2.24, 2.45) is 5.92 Å². The topological polar surface area (TPSA) is 38.3 Å². The summed E-state index contributed by atoms with van der Waals surface area (Å²) in [6.45, 7) is 8.93. The third kappa shape index (κ3) is 5.13. The van der Waals surface area contributed by atoms with E-state index in [1.54, 1.807) is 0 Å². The molecule has 72 valence electrons. The maximum absolute atomic E-state index is 11.1. The van der Waals surface area contributed by atoms with Crippen LogP contribution in [0.25, 0.3) is 0 Å². The van der Waals surface area contributed by atoms with Crippen molar-refractivity contribution in [2.45, 2.75) is 33.7 Å². The van der Waals surface area contributed by atoms with Crippen molar-refractivity contribution in [1.82, 2.24) is 5.32 Å². The van der Waals surface area contributed by atoms with E-state index in [0.717, 1.165) is 0 Å². The van der Waals surface area contributed by atoms with Gasteiger partial charge in [-0.2, -0.15) is 0 Å². The van der Waals surface area contributed by atoms with Crippen LogP contribution in [0.15, 0.2) is 0 Å². The summed E-state index contributed by atoms with van der Waals surface area (Å²) in [6.07, 6.45) is 0. The lowest BCUT2D eigenvalue weighted by atomic mass is 10.2. The minimum Gasteiger partial charge on any atom is -0.380 e. The molecule has 0 heterocycles. The lowest BCUT2D eigenvalue weighted by Gasteiger charge is -2.14. The lowest BCUT2D eigenvalue weighted by Crippen LogP contribution is -2.38. The van der Waals surface area contributed by atoms with E-state index >= 15 is 0 Å². The fraction of sp³-hybridized carbons (Fsp3) is 0.889. The average molecular weight is 173 g/mol.